The standard InChI is InChI=1S/C30H38N10O10S2/c1-30(2)24(26(42)40(30)50-52(45,46)47)36-25(41)23(21-16-51-28(32)35-21)37-49-22(27(43)44)15-48-20-6-4-18(5-7-20)19-12-34-29(38(3)14-19)39(9-8-31)13-17-10-33-11-17/h4-7,12,14,16-17,22,24,33H,8-11,13,15,31H2,1-3H3,(H4-,32,35,36,41,43,44,45,46,47)/p+1/b37-23-. The van der Waals surface area contributed by atoms with Crippen molar-refractivity contribution >= 4 is 56.3 Å². The summed E-state index contributed by atoms with van der Waals surface area (Å²) in [6.07, 6.45) is 2.04. The Hall–Kier alpha value is -5.00. The molecule has 2 aliphatic rings. The molecule has 2 amide bonds. The second-order valence-corrected chi connectivity index (χ2v) is 14.4. The molecular formula is C30H39N10O10S2+. The van der Waals surface area contributed by atoms with Crippen molar-refractivity contribution in [1.82, 2.24) is 25.7 Å². The second kappa shape index (κ2) is 15.7. The third-order valence-electron chi connectivity index (χ3n) is 8.23. The van der Waals surface area contributed by atoms with Crippen LogP contribution in [0.1, 0.15) is 19.5 Å². The van der Waals surface area contributed by atoms with Gasteiger partial charge in [-0.3, -0.25) is 19.0 Å². The first-order chi connectivity index (χ1) is 24.6. The van der Waals surface area contributed by atoms with Crippen LogP contribution >= 0.6 is 11.3 Å². The number of carbonyl (C=O) groups excluding carboxylic acids is 2. The van der Waals surface area contributed by atoms with Gasteiger partial charge < -0.3 is 36.8 Å². The largest absolute Gasteiger partial charge is 0.489 e. The Balaban J connectivity index is 1.24. The van der Waals surface area contributed by atoms with Crippen LogP contribution in [-0.2, 0) is 41.0 Å². The van der Waals surface area contributed by atoms with Crippen LogP contribution < -0.4 is 36.3 Å². The Morgan fingerprint density at radius 2 is 1.98 bits per heavy atom. The van der Waals surface area contributed by atoms with Gasteiger partial charge >= 0.3 is 22.3 Å². The van der Waals surface area contributed by atoms with Gasteiger partial charge in [-0.25, -0.2) is 14.3 Å². The maximum Gasteiger partial charge on any atom is 0.418 e. The van der Waals surface area contributed by atoms with Crippen molar-refractivity contribution < 1.29 is 50.9 Å². The zero-order chi connectivity index (χ0) is 37.8. The van der Waals surface area contributed by atoms with Gasteiger partial charge in [0.2, 0.25) is 0 Å². The van der Waals surface area contributed by atoms with E-state index in [1.165, 1.54) is 19.2 Å². The summed E-state index contributed by atoms with van der Waals surface area (Å²) in [6.45, 7) is 6.18. The summed E-state index contributed by atoms with van der Waals surface area (Å²) in [5, 5.41) is 21.0. The summed E-state index contributed by atoms with van der Waals surface area (Å²) < 4.78 is 43.2. The van der Waals surface area contributed by atoms with Crippen LogP contribution in [-0.4, -0.2) is 114 Å². The van der Waals surface area contributed by atoms with Crippen LogP contribution in [0.25, 0.3) is 11.1 Å². The lowest BCUT2D eigenvalue weighted by molar-refractivity contribution is -0.661. The fourth-order valence-corrected chi connectivity index (χ4v) is 6.39. The maximum absolute atomic E-state index is 13.3. The number of hydroxylamine groups is 2. The highest BCUT2D eigenvalue weighted by molar-refractivity contribution is 7.80. The SMILES string of the molecule is C[n+]1cc(-c2ccc(OCC(O/N=C(\C(=O)NC3C(=O)N(OS(=O)(=O)O)C3(C)C)c3csc(N)n3)C(=O)O)cc2)cnc1N(CCN)CC1CNC1. The van der Waals surface area contributed by atoms with Gasteiger partial charge in [0.05, 0.1) is 31.9 Å². The molecule has 1 aromatic carbocycles. The number of thiazole rings is 1. The van der Waals surface area contributed by atoms with Crippen molar-refractivity contribution in [2.75, 3.05) is 50.0 Å². The number of carbonyl (C=O) groups is 3. The molecule has 0 radical (unpaired) electrons. The van der Waals surface area contributed by atoms with Crippen LogP contribution in [0, 0.1) is 5.92 Å². The lowest BCUT2D eigenvalue weighted by Crippen LogP contribution is -2.76. The number of hydrogen-bond acceptors (Lipinski definition) is 16. The average Bonchev–Trinajstić information content (AvgIpc) is 3.50. The molecule has 0 saturated carbocycles. The van der Waals surface area contributed by atoms with Gasteiger partial charge in [0.1, 0.15) is 30.3 Å². The molecule has 0 bridgehead atoms. The lowest BCUT2D eigenvalue weighted by atomic mass is 9.84. The zero-order valence-corrected chi connectivity index (χ0v) is 30.0. The van der Waals surface area contributed by atoms with Gasteiger partial charge in [-0.05, 0) is 31.5 Å². The van der Waals surface area contributed by atoms with Crippen LogP contribution in [0.4, 0.5) is 11.1 Å². The number of benzene rings is 1. The summed E-state index contributed by atoms with van der Waals surface area (Å²) in [5.74, 6) is -1.80. The van der Waals surface area contributed by atoms with Crippen LogP contribution in [0.3, 0.4) is 0 Å². The Morgan fingerprint density at radius 3 is 2.52 bits per heavy atom. The predicted molar refractivity (Wildman–Crippen MR) is 185 cm³/mol. The molecule has 2 unspecified atom stereocenters. The van der Waals surface area contributed by atoms with Crippen molar-refractivity contribution in [2.45, 2.75) is 31.5 Å². The van der Waals surface area contributed by atoms with Crippen molar-refractivity contribution in [3.63, 3.8) is 0 Å². The van der Waals surface area contributed by atoms with Crippen LogP contribution in [0.2, 0.25) is 0 Å². The molecule has 2 aliphatic heterocycles. The van der Waals surface area contributed by atoms with Crippen LogP contribution in [0.15, 0.2) is 47.2 Å². The van der Waals surface area contributed by atoms with E-state index in [0.29, 0.717) is 29.8 Å². The summed E-state index contributed by atoms with van der Waals surface area (Å²) >= 11 is 0.958. The predicted octanol–water partition coefficient (Wildman–Crippen LogP) is -1.31. The number of carboxylic acids is 1. The number of aliphatic carboxylic acids is 1. The third-order valence-corrected chi connectivity index (χ3v) is 9.24. The summed E-state index contributed by atoms with van der Waals surface area (Å²) in [6, 6.07) is 5.55. The summed E-state index contributed by atoms with van der Waals surface area (Å²) in [5.41, 5.74) is 11.2. The van der Waals surface area contributed by atoms with E-state index in [9.17, 15) is 27.9 Å². The quantitative estimate of drug-likeness (QED) is 0.0306. The third kappa shape index (κ3) is 8.89. The van der Waals surface area contributed by atoms with Gasteiger partial charge in [0.25, 0.3) is 17.9 Å². The first-order valence-electron chi connectivity index (χ1n) is 15.8. The highest BCUT2D eigenvalue weighted by Crippen LogP contribution is 2.33. The highest BCUT2D eigenvalue weighted by atomic mass is 32.3. The van der Waals surface area contributed by atoms with Crippen LogP contribution in [0.5, 0.6) is 5.75 Å². The van der Waals surface area contributed by atoms with Gasteiger partial charge in [-0.15, -0.1) is 15.6 Å². The first kappa shape index (κ1) is 38.2. The number of hydrogen-bond donors (Lipinski definition) is 6. The smallest absolute Gasteiger partial charge is 0.418 e. The Morgan fingerprint density at radius 1 is 1.27 bits per heavy atom. The van der Waals surface area contributed by atoms with E-state index in [2.05, 4.69) is 30.0 Å². The van der Waals surface area contributed by atoms with E-state index >= 15 is 0 Å². The van der Waals surface area contributed by atoms with Crippen molar-refractivity contribution in [1.29, 1.82) is 0 Å². The molecule has 0 spiro atoms. The number of amides is 2. The number of nitrogens with one attached hydrogen (secondary N) is 2. The number of aryl methyl sites for hydroxylation is 1. The van der Waals surface area contributed by atoms with E-state index in [4.69, 9.17) is 30.6 Å². The number of anilines is 2. The van der Waals surface area contributed by atoms with E-state index in [1.54, 1.807) is 30.5 Å². The van der Waals surface area contributed by atoms with E-state index in [1.807, 2.05) is 17.8 Å². The topological polar surface area (TPSA) is 278 Å². The molecular weight excluding hydrogens is 725 g/mol. The number of β-lactam (4-membered cyclic amide) rings is 1. The zero-order valence-electron chi connectivity index (χ0n) is 28.3. The Kier molecular flexibility index (Phi) is 11.6. The molecule has 4 heterocycles. The fraction of sp³-hybridized carbons (Fsp3) is 0.433. The van der Waals surface area contributed by atoms with E-state index in [0.717, 1.165) is 48.0 Å². The highest BCUT2D eigenvalue weighted by Gasteiger charge is 2.58. The van der Waals surface area contributed by atoms with Crippen molar-refractivity contribution in [2.24, 2.45) is 23.9 Å². The minimum atomic E-state index is -5.02. The van der Waals surface area contributed by atoms with Gasteiger partial charge in [0.15, 0.2) is 10.8 Å². The molecule has 52 heavy (non-hydrogen) atoms. The molecule has 2 saturated heterocycles. The van der Waals surface area contributed by atoms with E-state index in [-0.39, 0.29) is 10.8 Å². The minimum absolute atomic E-state index is 0.0561. The Labute approximate surface area is 302 Å². The summed E-state index contributed by atoms with van der Waals surface area (Å²) in [4.78, 5) is 54.0. The van der Waals surface area contributed by atoms with Gasteiger partial charge in [-0.2, -0.15) is 13.5 Å². The molecule has 0 aliphatic carbocycles. The molecule has 5 rings (SSSR count). The Bertz CT molecular complexity index is 1940. The lowest BCUT2D eigenvalue weighted by Gasteiger charge is -2.50. The number of rotatable bonds is 17. The number of ether oxygens (including phenoxy) is 1. The fourth-order valence-electron chi connectivity index (χ4n) is 5.39. The molecule has 3 aromatic rings. The molecule has 280 valence electrons. The maximum atomic E-state index is 13.3. The normalized spacial score (nSPS) is 17.9. The number of carboxylic acid groups (broad SMARTS) is 1. The van der Waals surface area contributed by atoms with Gasteiger partial charge in [0, 0.05) is 36.5 Å². The van der Waals surface area contributed by atoms with Crippen molar-refractivity contribution in [3.05, 3.63) is 47.7 Å². The minimum Gasteiger partial charge on any atom is -0.489 e. The number of nitrogens with two attached hydrogens (primary N) is 2. The van der Waals surface area contributed by atoms with Crippen molar-refractivity contribution in [3.8, 4) is 16.9 Å². The first-order valence-corrected chi connectivity index (χ1v) is 18.1. The number of nitrogens with zero attached hydrogens (tertiary/aromatic N) is 6. The second-order valence-electron chi connectivity index (χ2n) is 12.5. The average molecular weight is 764 g/mol. The number of aromatic nitrogens is 3. The summed E-state index contributed by atoms with van der Waals surface area (Å²) in [7, 11) is -3.11. The van der Waals surface area contributed by atoms with E-state index < -0.39 is 58.2 Å². The van der Waals surface area contributed by atoms with Gasteiger partial charge in [-0.1, -0.05) is 22.3 Å². The number of nitrogen functional groups attached to an aromatic ring is 1. The number of oxime groups is 1. The molecule has 2 atom stereocenters. The molecule has 2 fully saturated rings. The monoisotopic (exact) mass is 763 g/mol. The molecule has 20 nitrogen and oxygen atoms in total. The molecule has 8 N–H and O–H groups in total. The molecule has 22 heteroatoms. The molecule has 2 aromatic heterocycles.